The summed E-state index contributed by atoms with van der Waals surface area (Å²) < 4.78 is 5.45. The van der Waals surface area contributed by atoms with Gasteiger partial charge < -0.3 is 4.74 Å². The van der Waals surface area contributed by atoms with E-state index < -0.39 is 0 Å². The van der Waals surface area contributed by atoms with E-state index in [1.54, 1.807) is 11.8 Å². The molecule has 0 aromatic heterocycles. The molecule has 0 amide bonds. The van der Waals surface area contributed by atoms with Crippen LogP contribution in [0.5, 0.6) is 0 Å². The molecule has 84 valence electrons. The van der Waals surface area contributed by atoms with Crippen molar-refractivity contribution in [2.45, 2.75) is 32.9 Å². The predicted molar refractivity (Wildman–Crippen MR) is 65.2 cm³/mol. The van der Waals surface area contributed by atoms with Crippen molar-refractivity contribution in [3.05, 3.63) is 0 Å². The number of aliphatic imine (C=N–C) groups is 1. The summed E-state index contributed by atoms with van der Waals surface area (Å²) in [6, 6.07) is 0.240. The topological polar surface area (TPSA) is 24.8 Å². The lowest BCUT2D eigenvalue weighted by Gasteiger charge is -2.15. The van der Waals surface area contributed by atoms with Crippen molar-refractivity contribution in [1.29, 1.82) is 0 Å². The zero-order valence-corrected chi connectivity index (χ0v) is 10.7. The summed E-state index contributed by atoms with van der Waals surface area (Å²) in [5.41, 5.74) is 1.92. The molecule has 0 saturated carbocycles. The summed E-state index contributed by atoms with van der Waals surface area (Å²) in [5.74, 6) is 0.971. The molecule has 1 unspecified atom stereocenters. The third-order valence-electron chi connectivity index (χ3n) is 1.81. The predicted octanol–water partition coefficient (Wildman–Crippen LogP) is 2.08. The summed E-state index contributed by atoms with van der Waals surface area (Å²) in [4.78, 5) is 6.52. The Bertz CT molecular complexity index is 162. The molecule has 3 nitrogen and oxygen atoms in total. The monoisotopic (exact) mass is 218 g/mol. The standard InChI is InChI=1S/C10H22N2OS/c1-6-13-10(3)9(2)11-7-14-8-12(4)5/h7,9-10H,6,8H2,1-5H3/t9?,10-/m0/s1. The molecule has 14 heavy (non-hydrogen) atoms. The summed E-state index contributed by atoms with van der Waals surface area (Å²) in [7, 11) is 4.10. The molecule has 0 saturated heterocycles. The number of thioether (sulfide) groups is 1. The lowest BCUT2D eigenvalue weighted by Crippen LogP contribution is -2.21. The summed E-state index contributed by atoms with van der Waals surface area (Å²) in [6.07, 6.45) is 0.205. The molecule has 0 spiro atoms. The summed E-state index contributed by atoms with van der Waals surface area (Å²) in [5, 5.41) is 0. The number of hydrogen-bond donors (Lipinski definition) is 0. The Morgan fingerprint density at radius 3 is 2.57 bits per heavy atom. The average molecular weight is 218 g/mol. The van der Waals surface area contributed by atoms with E-state index in [1.807, 2.05) is 26.6 Å². The van der Waals surface area contributed by atoms with Crippen LogP contribution in [0.25, 0.3) is 0 Å². The first kappa shape index (κ1) is 13.9. The van der Waals surface area contributed by atoms with Crippen LogP contribution in [-0.4, -0.2) is 49.2 Å². The van der Waals surface area contributed by atoms with Crippen molar-refractivity contribution in [1.82, 2.24) is 4.90 Å². The second-order valence-electron chi connectivity index (χ2n) is 3.53. The molecule has 0 aliphatic carbocycles. The first-order chi connectivity index (χ1) is 6.57. The van der Waals surface area contributed by atoms with Crippen LogP contribution in [0, 0.1) is 0 Å². The van der Waals surface area contributed by atoms with Gasteiger partial charge in [0, 0.05) is 12.5 Å². The van der Waals surface area contributed by atoms with Gasteiger partial charge in [-0.2, -0.15) is 0 Å². The van der Waals surface area contributed by atoms with Crippen molar-refractivity contribution in [2.75, 3.05) is 26.6 Å². The third-order valence-corrected chi connectivity index (χ3v) is 2.75. The van der Waals surface area contributed by atoms with Gasteiger partial charge in [0.2, 0.25) is 0 Å². The van der Waals surface area contributed by atoms with E-state index in [4.69, 9.17) is 4.74 Å². The van der Waals surface area contributed by atoms with Gasteiger partial charge in [0.1, 0.15) is 0 Å². The molecule has 0 aromatic carbocycles. The Morgan fingerprint density at radius 1 is 1.43 bits per heavy atom. The molecule has 0 N–H and O–H groups in total. The molecule has 0 bridgehead atoms. The average Bonchev–Trinajstić information content (AvgIpc) is 2.12. The van der Waals surface area contributed by atoms with Crippen LogP contribution in [0.4, 0.5) is 0 Å². The van der Waals surface area contributed by atoms with Gasteiger partial charge in [0.25, 0.3) is 0 Å². The first-order valence-electron chi connectivity index (χ1n) is 4.97. The van der Waals surface area contributed by atoms with Crippen LogP contribution in [0.3, 0.4) is 0 Å². The molecule has 2 atom stereocenters. The van der Waals surface area contributed by atoms with Crippen LogP contribution in [0.15, 0.2) is 4.99 Å². The minimum absolute atomic E-state index is 0.205. The highest BCUT2D eigenvalue weighted by molar-refractivity contribution is 8.12. The number of hydrogen-bond acceptors (Lipinski definition) is 4. The van der Waals surface area contributed by atoms with Gasteiger partial charge in [-0.25, -0.2) is 0 Å². The van der Waals surface area contributed by atoms with Crippen molar-refractivity contribution < 1.29 is 4.74 Å². The van der Waals surface area contributed by atoms with Crippen LogP contribution in [0.1, 0.15) is 20.8 Å². The number of rotatable bonds is 7. The highest BCUT2D eigenvalue weighted by Crippen LogP contribution is 2.04. The van der Waals surface area contributed by atoms with Crippen LogP contribution in [-0.2, 0) is 4.74 Å². The molecule has 0 aliphatic rings. The van der Waals surface area contributed by atoms with Gasteiger partial charge in [0.05, 0.1) is 17.7 Å². The van der Waals surface area contributed by atoms with Crippen LogP contribution < -0.4 is 0 Å². The zero-order chi connectivity index (χ0) is 11.0. The third kappa shape index (κ3) is 7.35. The molecule has 0 rings (SSSR count). The summed E-state index contributed by atoms with van der Waals surface area (Å²) >= 11 is 1.70. The number of nitrogens with zero attached hydrogens (tertiary/aromatic N) is 2. The van der Waals surface area contributed by atoms with Gasteiger partial charge >= 0.3 is 0 Å². The smallest absolute Gasteiger partial charge is 0.0767 e. The maximum atomic E-state index is 5.45. The quantitative estimate of drug-likeness (QED) is 0.371. The van der Waals surface area contributed by atoms with E-state index in [0.29, 0.717) is 0 Å². The van der Waals surface area contributed by atoms with E-state index in [-0.39, 0.29) is 12.1 Å². The molecule has 0 radical (unpaired) electrons. The first-order valence-corrected chi connectivity index (χ1v) is 6.02. The highest BCUT2D eigenvalue weighted by atomic mass is 32.2. The lowest BCUT2D eigenvalue weighted by atomic mass is 10.2. The molecule has 4 heteroatoms. The minimum atomic E-state index is 0.205. The van der Waals surface area contributed by atoms with E-state index in [2.05, 4.69) is 23.7 Å². The zero-order valence-electron chi connectivity index (χ0n) is 9.86. The second-order valence-corrected chi connectivity index (χ2v) is 4.33. The normalized spacial score (nSPS) is 16.4. The minimum Gasteiger partial charge on any atom is -0.377 e. The summed E-state index contributed by atoms with van der Waals surface area (Å²) in [6.45, 7) is 6.90. The van der Waals surface area contributed by atoms with E-state index >= 15 is 0 Å². The molecule has 0 aromatic rings. The maximum Gasteiger partial charge on any atom is 0.0767 e. The number of ether oxygens (including phenoxy) is 1. The second kappa shape index (κ2) is 8.26. The van der Waals surface area contributed by atoms with Crippen molar-refractivity contribution in [3.8, 4) is 0 Å². The van der Waals surface area contributed by atoms with E-state index in [1.165, 1.54) is 0 Å². The Morgan fingerprint density at radius 2 is 2.07 bits per heavy atom. The van der Waals surface area contributed by atoms with E-state index in [9.17, 15) is 0 Å². The molecule has 0 fully saturated rings. The lowest BCUT2D eigenvalue weighted by molar-refractivity contribution is 0.0626. The SMILES string of the molecule is CCO[C@@H](C)C(C)N=CSCN(C)C. The van der Waals surface area contributed by atoms with Crippen LogP contribution >= 0.6 is 11.8 Å². The Hall–Kier alpha value is -0.0600. The Balaban J connectivity index is 3.64. The molecule has 0 aliphatic heterocycles. The Kier molecular flexibility index (Phi) is 8.23. The van der Waals surface area contributed by atoms with Gasteiger partial charge in [0.15, 0.2) is 0 Å². The fourth-order valence-electron chi connectivity index (χ4n) is 0.845. The molecular formula is C10H22N2OS. The van der Waals surface area contributed by atoms with E-state index in [0.717, 1.165) is 12.5 Å². The fourth-order valence-corrected chi connectivity index (χ4v) is 1.49. The van der Waals surface area contributed by atoms with Gasteiger partial charge in [-0.1, -0.05) is 11.8 Å². The van der Waals surface area contributed by atoms with Gasteiger partial charge in [-0.3, -0.25) is 9.89 Å². The molecular weight excluding hydrogens is 196 g/mol. The van der Waals surface area contributed by atoms with Crippen molar-refractivity contribution in [2.24, 2.45) is 4.99 Å². The van der Waals surface area contributed by atoms with Crippen molar-refractivity contribution in [3.63, 3.8) is 0 Å². The highest BCUT2D eigenvalue weighted by Gasteiger charge is 2.08. The fraction of sp³-hybridized carbons (Fsp3) is 0.900. The maximum absolute atomic E-state index is 5.45. The Labute approximate surface area is 91.9 Å². The molecule has 0 heterocycles. The van der Waals surface area contributed by atoms with Gasteiger partial charge in [-0.05, 0) is 34.9 Å². The largest absolute Gasteiger partial charge is 0.377 e. The van der Waals surface area contributed by atoms with Gasteiger partial charge in [-0.15, -0.1) is 0 Å². The van der Waals surface area contributed by atoms with Crippen LogP contribution in [0.2, 0.25) is 0 Å². The van der Waals surface area contributed by atoms with Crippen molar-refractivity contribution >= 4 is 17.3 Å².